The number of carbonyl (C=O) groups excluding carboxylic acids is 1. The third-order valence-corrected chi connectivity index (χ3v) is 6.75. The van der Waals surface area contributed by atoms with E-state index in [1.807, 2.05) is 47.2 Å². The van der Waals surface area contributed by atoms with Gasteiger partial charge in [0.15, 0.2) is 16.6 Å². The number of hydrogen-bond donors (Lipinski definition) is 0. The molecule has 0 radical (unpaired) electrons. The fraction of sp³-hybridized carbons (Fsp3) is 0.440. The van der Waals surface area contributed by atoms with Crippen LogP contribution in [0, 0.1) is 0 Å². The second kappa shape index (κ2) is 12.3. The minimum Gasteiger partial charge on any atom is -0.490 e. The molecule has 0 aliphatic heterocycles. The smallest absolute Gasteiger partial charge is 0.260 e. The lowest BCUT2D eigenvalue weighted by molar-refractivity contribution is 0.0984. The molecule has 0 atom stereocenters. The predicted molar refractivity (Wildman–Crippen MR) is 142 cm³/mol. The number of ether oxygens (including phenoxy) is 3. The quantitative estimate of drug-likeness (QED) is 0.306. The standard InChI is InChI=1S/C25H33N3O4S2/c1-7-30-20-14-17(15-21(31-8-2)23(20)32-9-3)24(29)28(13-12-27(4)5)25-26-19-11-10-18(33-6)16-22(19)34-25/h10-11,14-16H,7-9,12-13H2,1-6H3. The molecule has 0 spiro atoms. The third kappa shape index (κ3) is 6.14. The molecule has 1 amide bonds. The molecular weight excluding hydrogens is 470 g/mol. The Morgan fingerprint density at radius 3 is 2.18 bits per heavy atom. The number of rotatable bonds is 12. The first-order valence-electron chi connectivity index (χ1n) is 11.4. The number of anilines is 1. The van der Waals surface area contributed by atoms with Crippen molar-refractivity contribution in [2.24, 2.45) is 0 Å². The minimum absolute atomic E-state index is 0.157. The van der Waals surface area contributed by atoms with Gasteiger partial charge in [-0.05, 0) is 71.5 Å². The number of thiazole rings is 1. The number of hydrogen-bond acceptors (Lipinski definition) is 8. The fourth-order valence-corrected chi connectivity index (χ4v) is 4.93. The average Bonchev–Trinajstić information content (AvgIpc) is 3.23. The molecule has 0 aliphatic carbocycles. The van der Waals surface area contributed by atoms with Crippen molar-refractivity contribution in [2.75, 3.05) is 58.2 Å². The number of carbonyl (C=O) groups is 1. The second-order valence-corrected chi connectivity index (χ2v) is 9.58. The Kier molecular flexibility index (Phi) is 9.44. The monoisotopic (exact) mass is 503 g/mol. The van der Waals surface area contributed by atoms with Crippen LogP contribution < -0.4 is 19.1 Å². The highest BCUT2D eigenvalue weighted by Crippen LogP contribution is 2.40. The maximum absolute atomic E-state index is 13.9. The van der Waals surface area contributed by atoms with E-state index < -0.39 is 0 Å². The van der Waals surface area contributed by atoms with Gasteiger partial charge in [-0.25, -0.2) is 4.98 Å². The number of nitrogens with zero attached hydrogens (tertiary/aromatic N) is 3. The second-order valence-electron chi connectivity index (χ2n) is 7.69. The third-order valence-electron chi connectivity index (χ3n) is 4.99. The van der Waals surface area contributed by atoms with E-state index in [4.69, 9.17) is 19.2 Å². The van der Waals surface area contributed by atoms with Crippen LogP contribution in [0.2, 0.25) is 0 Å². The molecule has 0 bridgehead atoms. The van der Waals surface area contributed by atoms with Gasteiger partial charge in [0.05, 0.1) is 30.0 Å². The zero-order chi connectivity index (χ0) is 24.7. The molecule has 3 aromatic rings. The molecule has 0 fully saturated rings. The molecule has 0 aliphatic rings. The van der Waals surface area contributed by atoms with Crippen LogP contribution in [0.25, 0.3) is 10.2 Å². The molecule has 7 nitrogen and oxygen atoms in total. The fourth-order valence-electron chi connectivity index (χ4n) is 3.39. The van der Waals surface area contributed by atoms with Gasteiger partial charge < -0.3 is 19.1 Å². The lowest BCUT2D eigenvalue weighted by atomic mass is 10.1. The van der Waals surface area contributed by atoms with E-state index in [-0.39, 0.29) is 5.91 Å². The first kappa shape index (κ1) is 26.1. The molecule has 1 heterocycles. The molecule has 34 heavy (non-hydrogen) atoms. The number of aromatic nitrogens is 1. The van der Waals surface area contributed by atoms with Gasteiger partial charge in [0.1, 0.15) is 0 Å². The molecule has 9 heteroatoms. The van der Waals surface area contributed by atoms with Crippen LogP contribution in [0.4, 0.5) is 5.13 Å². The van der Waals surface area contributed by atoms with Crippen molar-refractivity contribution >= 4 is 44.4 Å². The Morgan fingerprint density at radius 2 is 1.62 bits per heavy atom. The molecule has 2 aromatic carbocycles. The predicted octanol–water partition coefficient (Wildman–Crippen LogP) is 5.42. The minimum atomic E-state index is -0.157. The molecular formula is C25H33N3O4S2. The summed E-state index contributed by atoms with van der Waals surface area (Å²) in [4.78, 5) is 23.6. The molecule has 0 N–H and O–H groups in total. The van der Waals surface area contributed by atoms with E-state index in [9.17, 15) is 4.79 Å². The normalized spacial score (nSPS) is 11.1. The van der Waals surface area contributed by atoms with Crippen molar-refractivity contribution in [3.8, 4) is 17.2 Å². The molecule has 184 valence electrons. The van der Waals surface area contributed by atoms with E-state index in [2.05, 4.69) is 17.0 Å². The number of thioether (sulfide) groups is 1. The van der Waals surface area contributed by atoms with E-state index >= 15 is 0 Å². The molecule has 0 saturated carbocycles. The highest BCUT2D eigenvalue weighted by molar-refractivity contribution is 7.98. The summed E-state index contributed by atoms with van der Waals surface area (Å²) in [6.07, 6.45) is 2.05. The van der Waals surface area contributed by atoms with Gasteiger partial charge in [0.2, 0.25) is 5.75 Å². The van der Waals surface area contributed by atoms with Gasteiger partial charge in [0, 0.05) is 23.5 Å². The molecule has 3 rings (SSSR count). The Bertz CT molecular complexity index is 1090. The molecule has 1 aromatic heterocycles. The summed E-state index contributed by atoms with van der Waals surface area (Å²) in [7, 11) is 3.98. The Morgan fingerprint density at radius 1 is 0.971 bits per heavy atom. The van der Waals surface area contributed by atoms with Crippen LogP contribution in [0.1, 0.15) is 31.1 Å². The van der Waals surface area contributed by atoms with Crippen LogP contribution in [0.3, 0.4) is 0 Å². The number of likely N-dealkylation sites (N-methyl/N-ethyl adjacent to an activating group) is 1. The van der Waals surface area contributed by atoms with Crippen LogP contribution >= 0.6 is 23.1 Å². The highest BCUT2D eigenvalue weighted by atomic mass is 32.2. The van der Waals surface area contributed by atoms with Crippen molar-refractivity contribution in [3.63, 3.8) is 0 Å². The van der Waals surface area contributed by atoms with E-state index in [0.717, 1.165) is 10.2 Å². The number of benzene rings is 2. The first-order valence-corrected chi connectivity index (χ1v) is 13.4. The van der Waals surface area contributed by atoms with Gasteiger partial charge in [-0.3, -0.25) is 9.69 Å². The number of amides is 1. The average molecular weight is 504 g/mol. The lowest BCUT2D eigenvalue weighted by Crippen LogP contribution is -2.36. The SMILES string of the molecule is CCOc1cc(C(=O)N(CCN(C)C)c2nc3ccc(SC)cc3s2)cc(OCC)c1OCC. The summed E-state index contributed by atoms with van der Waals surface area (Å²) in [6.45, 7) is 8.27. The van der Waals surface area contributed by atoms with Crippen LogP contribution in [0.5, 0.6) is 17.2 Å². The molecule has 0 saturated heterocycles. The lowest BCUT2D eigenvalue weighted by Gasteiger charge is -2.23. The Labute approximate surface area is 210 Å². The van der Waals surface area contributed by atoms with Crippen molar-refractivity contribution in [3.05, 3.63) is 35.9 Å². The number of fused-ring (bicyclic) bond motifs is 1. The van der Waals surface area contributed by atoms with Gasteiger partial charge in [0.25, 0.3) is 5.91 Å². The van der Waals surface area contributed by atoms with Gasteiger partial charge in [-0.2, -0.15) is 0 Å². The zero-order valence-electron chi connectivity index (χ0n) is 20.7. The summed E-state index contributed by atoms with van der Waals surface area (Å²) in [6, 6.07) is 9.65. The Hall–Kier alpha value is -2.49. The van der Waals surface area contributed by atoms with Gasteiger partial charge in [-0.15, -0.1) is 11.8 Å². The van der Waals surface area contributed by atoms with Crippen molar-refractivity contribution in [2.45, 2.75) is 25.7 Å². The van der Waals surface area contributed by atoms with Crippen LogP contribution in [-0.2, 0) is 0 Å². The van der Waals surface area contributed by atoms with Crippen molar-refractivity contribution in [1.82, 2.24) is 9.88 Å². The maximum atomic E-state index is 13.9. The van der Waals surface area contributed by atoms with E-state index in [1.165, 1.54) is 16.2 Å². The van der Waals surface area contributed by atoms with Crippen LogP contribution in [-0.4, -0.2) is 69.1 Å². The summed E-state index contributed by atoms with van der Waals surface area (Å²) in [5, 5.41) is 0.671. The maximum Gasteiger partial charge on any atom is 0.260 e. The van der Waals surface area contributed by atoms with E-state index in [1.54, 1.807) is 28.8 Å². The van der Waals surface area contributed by atoms with Gasteiger partial charge >= 0.3 is 0 Å². The molecule has 0 unspecified atom stereocenters. The first-order chi connectivity index (χ1) is 16.4. The Balaban J connectivity index is 2.07. The summed E-state index contributed by atoms with van der Waals surface area (Å²) < 4.78 is 18.5. The summed E-state index contributed by atoms with van der Waals surface area (Å²) in [5.41, 5.74) is 1.36. The topological polar surface area (TPSA) is 64.1 Å². The summed E-state index contributed by atoms with van der Waals surface area (Å²) in [5.74, 6) is 1.36. The van der Waals surface area contributed by atoms with Crippen molar-refractivity contribution in [1.29, 1.82) is 0 Å². The van der Waals surface area contributed by atoms with E-state index in [0.29, 0.717) is 60.9 Å². The summed E-state index contributed by atoms with van der Waals surface area (Å²) >= 11 is 3.21. The van der Waals surface area contributed by atoms with Crippen LogP contribution in [0.15, 0.2) is 35.2 Å². The highest BCUT2D eigenvalue weighted by Gasteiger charge is 2.25. The van der Waals surface area contributed by atoms with Gasteiger partial charge in [-0.1, -0.05) is 11.3 Å². The zero-order valence-corrected chi connectivity index (χ0v) is 22.3. The largest absolute Gasteiger partial charge is 0.490 e. The van der Waals surface area contributed by atoms with Crippen molar-refractivity contribution < 1.29 is 19.0 Å².